The predicted octanol–water partition coefficient (Wildman–Crippen LogP) is 2.49. The molecule has 0 spiro atoms. The molecule has 0 fully saturated rings. The van der Waals surface area contributed by atoms with E-state index in [-0.39, 0.29) is 18.4 Å². The molecule has 0 atom stereocenters. The van der Waals surface area contributed by atoms with E-state index in [2.05, 4.69) is 4.98 Å². The van der Waals surface area contributed by atoms with E-state index in [4.69, 9.17) is 0 Å². The molecule has 0 saturated carbocycles. The first-order valence-electron chi connectivity index (χ1n) is 8.02. The number of aromatic nitrogens is 2. The summed E-state index contributed by atoms with van der Waals surface area (Å²) in [5.41, 5.74) is 2.40. The van der Waals surface area contributed by atoms with Gasteiger partial charge in [-0.25, -0.2) is 4.98 Å². The van der Waals surface area contributed by atoms with Gasteiger partial charge in [-0.2, -0.15) is 0 Å². The van der Waals surface area contributed by atoms with Gasteiger partial charge < -0.3 is 9.80 Å². The minimum Gasteiger partial charge on any atom is -0.342 e. The van der Waals surface area contributed by atoms with Gasteiger partial charge in [0.15, 0.2) is 5.13 Å². The van der Waals surface area contributed by atoms with Crippen LogP contribution in [-0.2, 0) is 4.79 Å². The van der Waals surface area contributed by atoms with Crippen LogP contribution >= 0.6 is 11.3 Å². The van der Waals surface area contributed by atoms with Crippen LogP contribution in [0.15, 0.2) is 17.6 Å². The van der Waals surface area contributed by atoms with Crippen molar-refractivity contribution in [2.24, 2.45) is 0 Å². The molecule has 2 aromatic rings. The largest absolute Gasteiger partial charge is 0.342 e. The maximum atomic E-state index is 12.8. The van der Waals surface area contributed by atoms with Gasteiger partial charge in [0.05, 0.1) is 12.1 Å². The van der Waals surface area contributed by atoms with Crippen molar-refractivity contribution in [1.82, 2.24) is 19.4 Å². The summed E-state index contributed by atoms with van der Waals surface area (Å²) in [6, 6.07) is 1.86. The van der Waals surface area contributed by atoms with Crippen molar-refractivity contribution in [3.8, 4) is 5.13 Å². The van der Waals surface area contributed by atoms with Crippen molar-refractivity contribution in [3.05, 3.63) is 34.6 Å². The molecule has 2 rings (SSSR count). The second kappa shape index (κ2) is 7.61. The monoisotopic (exact) mass is 348 g/mol. The van der Waals surface area contributed by atoms with Crippen LogP contribution in [-0.4, -0.2) is 57.8 Å². The Labute approximate surface area is 146 Å². The van der Waals surface area contributed by atoms with Gasteiger partial charge in [-0.1, -0.05) is 0 Å². The van der Waals surface area contributed by atoms with Crippen LogP contribution in [0.3, 0.4) is 0 Å². The third-order valence-corrected chi connectivity index (χ3v) is 4.86. The zero-order chi connectivity index (χ0) is 17.9. The summed E-state index contributed by atoms with van der Waals surface area (Å²) in [6.45, 7) is 9.11. The highest BCUT2D eigenvalue weighted by Gasteiger charge is 2.22. The van der Waals surface area contributed by atoms with Gasteiger partial charge in [-0.15, -0.1) is 11.3 Å². The lowest BCUT2D eigenvalue weighted by Crippen LogP contribution is -2.41. The third-order valence-electron chi connectivity index (χ3n) is 4.11. The second-order valence-corrected chi connectivity index (χ2v) is 6.54. The topological polar surface area (TPSA) is 58.4 Å². The molecular formula is C17H24N4O2S. The highest BCUT2D eigenvalue weighted by molar-refractivity contribution is 7.12. The summed E-state index contributed by atoms with van der Waals surface area (Å²) in [5, 5.41) is 2.75. The van der Waals surface area contributed by atoms with Crippen molar-refractivity contribution in [2.75, 3.05) is 26.7 Å². The highest BCUT2D eigenvalue weighted by atomic mass is 32.1. The zero-order valence-electron chi connectivity index (χ0n) is 14.9. The van der Waals surface area contributed by atoms with Crippen molar-refractivity contribution >= 4 is 23.2 Å². The molecule has 2 heterocycles. The molecule has 0 radical (unpaired) electrons. The van der Waals surface area contributed by atoms with E-state index < -0.39 is 0 Å². The number of likely N-dealkylation sites (N-methyl/N-ethyl adjacent to an activating group) is 2. The number of nitrogens with zero attached hydrogens (tertiary/aromatic N) is 4. The lowest BCUT2D eigenvalue weighted by molar-refractivity contribution is -0.131. The summed E-state index contributed by atoms with van der Waals surface area (Å²) in [4.78, 5) is 32.5. The lowest BCUT2D eigenvalue weighted by atomic mass is 10.2. The molecule has 0 aliphatic rings. The van der Waals surface area contributed by atoms with Crippen LogP contribution in [0.2, 0.25) is 0 Å². The number of hydrogen-bond acceptors (Lipinski definition) is 4. The molecule has 2 amide bonds. The maximum absolute atomic E-state index is 12.8. The molecule has 0 bridgehead atoms. The Morgan fingerprint density at radius 1 is 1.25 bits per heavy atom. The molecule has 0 unspecified atom stereocenters. The molecule has 130 valence electrons. The van der Waals surface area contributed by atoms with Crippen molar-refractivity contribution in [3.63, 3.8) is 0 Å². The van der Waals surface area contributed by atoms with E-state index in [0.717, 1.165) is 16.5 Å². The Morgan fingerprint density at radius 2 is 1.92 bits per heavy atom. The number of amides is 2. The second-order valence-electron chi connectivity index (χ2n) is 5.66. The number of aryl methyl sites for hydroxylation is 1. The van der Waals surface area contributed by atoms with Gasteiger partial charge in [-0.05, 0) is 33.8 Å². The summed E-state index contributed by atoms with van der Waals surface area (Å²) in [5.74, 6) is -0.184. The van der Waals surface area contributed by atoms with Crippen LogP contribution < -0.4 is 0 Å². The molecule has 24 heavy (non-hydrogen) atoms. The molecule has 2 aromatic heterocycles. The Balaban J connectivity index is 2.21. The summed E-state index contributed by atoms with van der Waals surface area (Å²) in [7, 11) is 1.67. The van der Waals surface area contributed by atoms with Crippen LogP contribution in [0.1, 0.15) is 35.6 Å². The quantitative estimate of drug-likeness (QED) is 0.806. The van der Waals surface area contributed by atoms with Gasteiger partial charge in [-0.3, -0.25) is 14.2 Å². The molecule has 0 aliphatic heterocycles. The average Bonchev–Trinajstić information content (AvgIpc) is 3.15. The first-order valence-corrected chi connectivity index (χ1v) is 8.90. The first kappa shape index (κ1) is 18.2. The van der Waals surface area contributed by atoms with E-state index in [1.165, 1.54) is 16.2 Å². The van der Waals surface area contributed by atoms with E-state index in [9.17, 15) is 9.59 Å². The Hall–Kier alpha value is -2.15. The predicted molar refractivity (Wildman–Crippen MR) is 95.8 cm³/mol. The van der Waals surface area contributed by atoms with Crippen molar-refractivity contribution in [2.45, 2.75) is 27.7 Å². The van der Waals surface area contributed by atoms with E-state index in [0.29, 0.717) is 18.7 Å². The average molecular weight is 348 g/mol. The molecular weight excluding hydrogens is 324 g/mol. The van der Waals surface area contributed by atoms with Crippen molar-refractivity contribution in [1.29, 1.82) is 0 Å². The SMILES string of the molecule is CCN(CC)C(=O)CN(C)C(=O)c1cc(C)n(-c2nccs2)c1C. The fourth-order valence-corrected chi connectivity index (χ4v) is 3.51. The van der Waals surface area contributed by atoms with E-state index >= 15 is 0 Å². The Kier molecular flexibility index (Phi) is 5.77. The number of rotatable bonds is 6. The third kappa shape index (κ3) is 3.51. The molecule has 6 nitrogen and oxygen atoms in total. The number of carbonyl (C=O) groups is 2. The van der Waals surface area contributed by atoms with Gasteiger partial charge in [0, 0.05) is 43.1 Å². The molecule has 0 aliphatic carbocycles. The van der Waals surface area contributed by atoms with E-state index in [1.807, 2.05) is 43.7 Å². The zero-order valence-corrected chi connectivity index (χ0v) is 15.7. The van der Waals surface area contributed by atoms with Crippen LogP contribution in [0.5, 0.6) is 0 Å². The minimum atomic E-state index is -0.147. The summed E-state index contributed by atoms with van der Waals surface area (Å²) in [6.07, 6.45) is 1.75. The van der Waals surface area contributed by atoms with Crippen LogP contribution in [0.4, 0.5) is 0 Å². The fraction of sp³-hybridized carbons (Fsp3) is 0.471. The molecule has 0 aromatic carbocycles. The number of carbonyl (C=O) groups excluding carboxylic acids is 2. The standard InChI is InChI=1S/C17H24N4O2S/c1-6-20(7-2)15(22)11-19(5)16(23)14-10-12(3)21(13(14)4)17-18-8-9-24-17/h8-10H,6-7,11H2,1-5H3. The first-order chi connectivity index (χ1) is 11.4. The number of hydrogen-bond donors (Lipinski definition) is 0. The van der Waals surface area contributed by atoms with E-state index in [1.54, 1.807) is 18.1 Å². The smallest absolute Gasteiger partial charge is 0.255 e. The minimum absolute atomic E-state index is 0.0374. The lowest BCUT2D eigenvalue weighted by Gasteiger charge is -2.23. The Bertz CT molecular complexity index is 717. The fourth-order valence-electron chi connectivity index (χ4n) is 2.76. The van der Waals surface area contributed by atoms with Crippen molar-refractivity contribution < 1.29 is 9.59 Å². The van der Waals surface area contributed by atoms with Gasteiger partial charge >= 0.3 is 0 Å². The molecule has 0 saturated heterocycles. The van der Waals surface area contributed by atoms with Gasteiger partial charge in [0.25, 0.3) is 5.91 Å². The Morgan fingerprint density at radius 3 is 2.46 bits per heavy atom. The van der Waals surface area contributed by atoms with Gasteiger partial charge in [0.2, 0.25) is 5.91 Å². The maximum Gasteiger partial charge on any atom is 0.255 e. The van der Waals surface area contributed by atoms with Crippen LogP contribution in [0.25, 0.3) is 5.13 Å². The van der Waals surface area contributed by atoms with Gasteiger partial charge in [0.1, 0.15) is 0 Å². The van der Waals surface area contributed by atoms with Crippen LogP contribution in [0, 0.1) is 13.8 Å². The molecule has 0 N–H and O–H groups in total. The molecule has 7 heteroatoms. The normalized spacial score (nSPS) is 10.7. The summed E-state index contributed by atoms with van der Waals surface area (Å²) >= 11 is 1.52. The summed E-state index contributed by atoms with van der Waals surface area (Å²) < 4.78 is 1.97. The highest BCUT2D eigenvalue weighted by Crippen LogP contribution is 2.23. The number of thiazole rings is 1.